The van der Waals surface area contributed by atoms with Crippen LogP contribution in [0.4, 0.5) is 0 Å². The first-order chi connectivity index (χ1) is 16.5. The Labute approximate surface area is 260 Å². The molecule has 1 heterocycles. The second-order valence-electron chi connectivity index (χ2n) is 7.94. The minimum Gasteiger partial charge on any atom is -0.634 e. The fourth-order valence-corrected chi connectivity index (χ4v) is 2.60. The van der Waals surface area contributed by atoms with Crippen LogP contribution in [0.25, 0.3) is 11.1 Å². The number of nitriles is 1. The number of nitrogens with one attached hydrogen (secondary N) is 1. The molecule has 1 saturated heterocycles. The monoisotopic (exact) mass is 524 g/mol. The quantitative estimate of drug-likeness (QED) is 0.382. The van der Waals surface area contributed by atoms with Crippen molar-refractivity contribution in [1.29, 1.82) is 5.26 Å². The summed E-state index contributed by atoms with van der Waals surface area (Å²) in [5, 5.41) is 27.0. The maximum absolute atomic E-state index is 10.1. The number of rotatable bonds is 6. The van der Waals surface area contributed by atoms with Crippen LogP contribution in [0.1, 0.15) is 32.8 Å². The summed E-state index contributed by atoms with van der Waals surface area (Å²) in [5.41, 5.74) is 3.19. The van der Waals surface area contributed by atoms with E-state index in [1.807, 2.05) is 44.2 Å². The van der Waals surface area contributed by atoms with E-state index >= 15 is 0 Å². The smallest absolute Gasteiger partial charge is 0.634 e. The SMILES string of the molecule is CC(C)CO.CC1CNCCOC1.CO.N#CCCc1ccc(-c2c[c-]c(O[C-]=O)cc2)cc1.[CH3-].[K+]. The predicted octanol–water partition coefficient (Wildman–Crippen LogP) is 0.996. The van der Waals surface area contributed by atoms with Crippen LogP contribution in [-0.4, -0.2) is 56.7 Å². The van der Waals surface area contributed by atoms with Crippen molar-refractivity contribution in [3.8, 4) is 22.9 Å². The van der Waals surface area contributed by atoms with Gasteiger partial charge in [-0.2, -0.15) is 17.4 Å². The third kappa shape index (κ3) is 20.0. The number of aliphatic hydroxyl groups is 2. The Morgan fingerprint density at radius 1 is 1.22 bits per heavy atom. The van der Waals surface area contributed by atoms with E-state index in [0.29, 0.717) is 30.6 Å². The van der Waals surface area contributed by atoms with Crippen LogP contribution in [0.15, 0.2) is 42.5 Å². The van der Waals surface area contributed by atoms with Crippen LogP contribution in [-0.2, 0) is 16.0 Å². The van der Waals surface area contributed by atoms with Crippen molar-refractivity contribution < 1.29 is 75.9 Å². The van der Waals surface area contributed by atoms with E-state index in [2.05, 4.69) is 29.1 Å². The predicted molar refractivity (Wildman–Crippen MR) is 140 cm³/mol. The van der Waals surface area contributed by atoms with E-state index in [4.69, 9.17) is 20.2 Å². The van der Waals surface area contributed by atoms with Gasteiger partial charge in [-0.1, -0.05) is 50.6 Å². The van der Waals surface area contributed by atoms with E-state index in [-0.39, 0.29) is 58.8 Å². The van der Waals surface area contributed by atoms with Crippen LogP contribution in [0, 0.1) is 36.7 Å². The Bertz CT molecular complexity index is 785. The Balaban J connectivity index is -0.000000535. The Hall–Kier alpha value is -1.12. The zero-order valence-electron chi connectivity index (χ0n) is 22.7. The fourth-order valence-electron chi connectivity index (χ4n) is 2.60. The average molecular weight is 525 g/mol. The molecule has 8 heteroatoms. The largest absolute Gasteiger partial charge is 1.00 e. The summed E-state index contributed by atoms with van der Waals surface area (Å²) in [5.74, 6) is 1.48. The van der Waals surface area contributed by atoms with Gasteiger partial charge >= 0.3 is 51.4 Å². The molecule has 36 heavy (non-hydrogen) atoms. The first kappa shape index (κ1) is 39.4. The number of benzene rings is 2. The molecule has 3 N–H and O–H groups in total. The van der Waals surface area contributed by atoms with Gasteiger partial charge in [0.2, 0.25) is 0 Å². The summed E-state index contributed by atoms with van der Waals surface area (Å²) in [6.07, 6.45) is 1.30. The van der Waals surface area contributed by atoms with Gasteiger partial charge in [-0.05, 0) is 30.4 Å². The molecule has 1 aliphatic heterocycles. The molecule has 1 atom stereocenters. The number of hydrogen-bond donors (Lipinski definition) is 3. The molecule has 1 aliphatic rings. The zero-order valence-corrected chi connectivity index (χ0v) is 25.8. The molecule has 0 aliphatic carbocycles. The number of nitrogens with zero attached hydrogens (tertiary/aromatic N) is 1. The number of ether oxygens (including phenoxy) is 2. The molecule has 0 saturated carbocycles. The van der Waals surface area contributed by atoms with E-state index in [1.165, 1.54) is 6.47 Å². The van der Waals surface area contributed by atoms with Gasteiger partial charge in [-0.15, -0.1) is 11.3 Å². The van der Waals surface area contributed by atoms with Gasteiger partial charge in [0.05, 0.1) is 19.3 Å². The van der Waals surface area contributed by atoms with Crippen LogP contribution in [0.3, 0.4) is 0 Å². The molecule has 0 amide bonds. The van der Waals surface area contributed by atoms with Crippen molar-refractivity contribution in [2.45, 2.75) is 33.6 Å². The minimum absolute atomic E-state index is 0. The van der Waals surface area contributed by atoms with Crippen molar-refractivity contribution in [2.24, 2.45) is 11.8 Å². The second kappa shape index (κ2) is 26.9. The molecule has 0 radical (unpaired) electrons. The Kier molecular flexibility index (Phi) is 29.5. The van der Waals surface area contributed by atoms with Crippen molar-refractivity contribution in [3.05, 3.63) is 61.5 Å². The third-order valence-electron chi connectivity index (χ3n) is 4.43. The Morgan fingerprint density at radius 2 is 1.83 bits per heavy atom. The summed E-state index contributed by atoms with van der Waals surface area (Å²) in [6, 6.07) is 18.3. The van der Waals surface area contributed by atoms with Gasteiger partial charge in [0.15, 0.2) is 6.47 Å². The first-order valence-electron chi connectivity index (χ1n) is 11.4. The van der Waals surface area contributed by atoms with E-state index in [0.717, 1.165) is 56.5 Å². The van der Waals surface area contributed by atoms with Gasteiger partial charge in [0, 0.05) is 26.7 Å². The molecule has 0 bridgehead atoms. The maximum atomic E-state index is 10.1. The minimum atomic E-state index is 0. The van der Waals surface area contributed by atoms with Crippen molar-refractivity contribution >= 4 is 6.47 Å². The molecule has 0 aromatic heterocycles. The topological polar surface area (TPSA) is 112 Å². The summed E-state index contributed by atoms with van der Waals surface area (Å²) in [4.78, 5) is 10.1. The van der Waals surface area contributed by atoms with Crippen LogP contribution in [0.2, 0.25) is 0 Å². The van der Waals surface area contributed by atoms with Gasteiger partial charge in [-0.3, -0.25) is 0 Å². The Morgan fingerprint density at radius 3 is 2.33 bits per heavy atom. The number of aryl methyl sites for hydroxylation is 1. The number of carbonyl (C=O) groups excluding carboxylic acids is 1. The molecule has 1 fully saturated rings. The van der Waals surface area contributed by atoms with Crippen LogP contribution < -0.4 is 61.4 Å². The van der Waals surface area contributed by atoms with E-state index in [1.54, 1.807) is 12.1 Å². The van der Waals surface area contributed by atoms with Gasteiger partial charge < -0.3 is 37.2 Å². The fraction of sp³-hybridized carbons (Fsp3) is 0.464. The van der Waals surface area contributed by atoms with E-state index < -0.39 is 0 Å². The zero-order chi connectivity index (χ0) is 25.6. The first-order valence-corrected chi connectivity index (χ1v) is 11.4. The molecule has 0 spiro atoms. The third-order valence-corrected chi connectivity index (χ3v) is 4.43. The molecular formula is C28H41KN2O5-2. The molecule has 2 aromatic carbocycles. The van der Waals surface area contributed by atoms with Gasteiger partial charge in [0.1, 0.15) is 0 Å². The van der Waals surface area contributed by atoms with Crippen LogP contribution in [0.5, 0.6) is 5.75 Å². The number of aliphatic hydroxyl groups excluding tert-OH is 2. The molecule has 2 aromatic rings. The molecule has 3 rings (SSSR count). The molecule has 1 unspecified atom stereocenters. The second-order valence-corrected chi connectivity index (χ2v) is 7.94. The van der Waals surface area contributed by atoms with Crippen molar-refractivity contribution in [2.75, 3.05) is 40.0 Å². The maximum Gasteiger partial charge on any atom is 1.00 e. The molecule has 7 nitrogen and oxygen atoms in total. The summed E-state index contributed by atoms with van der Waals surface area (Å²) in [6.45, 7) is 11.7. The normalized spacial score (nSPS) is 13.7. The molecular weight excluding hydrogens is 483 g/mol. The summed E-state index contributed by atoms with van der Waals surface area (Å²) in [7, 11) is 1.00. The summed E-state index contributed by atoms with van der Waals surface area (Å²) < 4.78 is 9.81. The average Bonchev–Trinajstić information content (AvgIpc) is 3.13. The number of hydrogen-bond acceptors (Lipinski definition) is 7. The van der Waals surface area contributed by atoms with Gasteiger partial charge in [0.25, 0.3) is 0 Å². The van der Waals surface area contributed by atoms with Gasteiger partial charge in [-0.25, -0.2) is 12.1 Å². The van der Waals surface area contributed by atoms with Crippen molar-refractivity contribution in [1.82, 2.24) is 5.32 Å². The van der Waals surface area contributed by atoms with Crippen LogP contribution >= 0.6 is 0 Å². The standard InChI is InChI=1S/C16H11NO2.C6H13NO.C4H10O.CH4O.CH3.K/c17-11-1-2-13-3-5-14(6-4-13)15-7-9-16(10-8-15)19-12-18;1-6-4-7-2-3-8-5-6;1-4(2)3-5;1-2;;/h3-9H,1-2H2;6-7H,2-5H2,1H3;4-5H,3H2,1-2H3;2H,1H3;1H3;/q-2;;;;-1;+1. The molecule has 196 valence electrons. The summed E-state index contributed by atoms with van der Waals surface area (Å²) >= 11 is 0. The van der Waals surface area contributed by atoms with Crippen molar-refractivity contribution in [3.63, 3.8) is 0 Å². The van der Waals surface area contributed by atoms with E-state index in [9.17, 15) is 4.79 Å².